The van der Waals surface area contributed by atoms with Crippen molar-refractivity contribution < 1.29 is 0 Å². The van der Waals surface area contributed by atoms with Gasteiger partial charge >= 0.3 is 0 Å². The second-order valence-electron chi connectivity index (χ2n) is 6.67. The van der Waals surface area contributed by atoms with Crippen LogP contribution < -0.4 is 0 Å². The Morgan fingerprint density at radius 1 is 1.14 bits per heavy atom. The number of fused-ring (bicyclic) bond motifs is 3. The van der Waals surface area contributed by atoms with Crippen molar-refractivity contribution in [2.24, 2.45) is 11.8 Å². The van der Waals surface area contributed by atoms with E-state index in [1.165, 1.54) is 37.7 Å². The normalized spacial score (nSPS) is 28.0. The number of H-pyrrole nitrogens is 1. The van der Waals surface area contributed by atoms with Crippen molar-refractivity contribution in [2.75, 3.05) is 0 Å². The number of aromatic amines is 1. The van der Waals surface area contributed by atoms with Gasteiger partial charge in [0, 0.05) is 11.6 Å². The van der Waals surface area contributed by atoms with Gasteiger partial charge in [-0.1, -0.05) is 42.7 Å². The van der Waals surface area contributed by atoms with E-state index in [1.807, 2.05) is 0 Å². The van der Waals surface area contributed by atoms with Crippen molar-refractivity contribution in [3.8, 4) is 11.4 Å². The van der Waals surface area contributed by atoms with Gasteiger partial charge in [0.05, 0.1) is 0 Å². The van der Waals surface area contributed by atoms with Crippen LogP contribution in [0.5, 0.6) is 0 Å². The van der Waals surface area contributed by atoms with Crippen molar-refractivity contribution in [3.63, 3.8) is 0 Å². The first-order valence-electron chi connectivity index (χ1n) is 7.96. The minimum atomic E-state index is 0.542. The molecule has 0 amide bonds. The summed E-state index contributed by atoms with van der Waals surface area (Å²) in [5.41, 5.74) is 2.44. The van der Waals surface area contributed by atoms with Gasteiger partial charge in [0.2, 0.25) is 0 Å². The highest BCUT2D eigenvalue weighted by Gasteiger charge is 2.37. The summed E-state index contributed by atoms with van der Waals surface area (Å²) < 4.78 is 3.08. The third-order valence-electron chi connectivity index (χ3n) is 5.36. The topological polar surface area (TPSA) is 33.6 Å². The Kier molecular flexibility index (Phi) is 3.21. The molecule has 3 aliphatic carbocycles. The van der Waals surface area contributed by atoms with Gasteiger partial charge in [-0.2, -0.15) is 5.10 Å². The van der Waals surface area contributed by atoms with Crippen LogP contribution in [-0.4, -0.2) is 14.8 Å². The molecule has 0 unspecified atom stereocenters. The lowest BCUT2D eigenvalue weighted by molar-refractivity contribution is 0.105. The maximum absolute atomic E-state index is 5.54. The van der Waals surface area contributed by atoms with Crippen LogP contribution in [0.3, 0.4) is 0 Å². The van der Waals surface area contributed by atoms with E-state index in [9.17, 15) is 0 Å². The molecule has 0 aliphatic heterocycles. The first-order valence-corrected chi connectivity index (χ1v) is 8.37. The summed E-state index contributed by atoms with van der Waals surface area (Å²) in [5, 5.41) is 7.54. The van der Waals surface area contributed by atoms with Gasteiger partial charge in [0.1, 0.15) is 0 Å². The molecule has 3 aliphatic rings. The molecule has 3 saturated carbocycles. The van der Waals surface area contributed by atoms with E-state index in [0.29, 0.717) is 6.04 Å². The van der Waals surface area contributed by atoms with E-state index in [-0.39, 0.29) is 0 Å². The summed E-state index contributed by atoms with van der Waals surface area (Å²) in [7, 11) is 0. The van der Waals surface area contributed by atoms with Gasteiger partial charge in [-0.05, 0) is 50.2 Å². The van der Waals surface area contributed by atoms with Crippen molar-refractivity contribution in [1.82, 2.24) is 14.8 Å². The quantitative estimate of drug-likeness (QED) is 0.818. The van der Waals surface area contributed by atoms with Crippen LogP contribution in [-0.2, 0) is 0 Å². The Hall–Kier alpha value is -1.42. The Bertz CT molecular complexity index is 690. The van der Waals surface area contributed by atoms with Crippen molar-refractivity contribution >= 4 is 12.2 Å². The summed E-state index contributed by atoms with van der Waals surface area (Å²) >= 11 is 5.54. The predicted molar refractivity (Wildman–Crippen MR) is 86.7 cm³/mol. The molecule has 2 bridgehead atoms. The summed E-state index contributed by atoms with van der Waals surface area (Å²) in [5.74, 6) is 2.68. The number of aryl methyl sites for hydroxylation is 1. The fourth-order valence-electron chi connectivity index (χ4n) is 4.18. The van der Waals surface area contributed by atoms with Gasteiger partial charge in [-0.15, -0.1) is 0 Å². The molecule has 1 heterocycles. The number of nitrogens with one attached hydrogen (secondary N) is 1. The van der Waals surface area contributed by atoms with E-state index < -0.39 is 0 Å². The largest absolute Gasteiger partial charge is 0.297 e. The van der Waals surface area contributed by atoms with E-state index in [2.05, 4.69) is 46.0 Å². The van der Waals surface area contributed by atoms with E-state index in [4.69, 9.17) is 12.2 Å². The summed E-state index contributed by atoms with van der Waals surface area (Å²) in [6, 6.07) is 9.13. The lowest BCUT2D eigenvalue weighted by Gasteiger charge is -2.43. The highest BCUT2D eigenvalue weighted by molar-refractivity contribution is 7.71. The van der Waals surface area contributed by atoms with Crippen LogP contribution in [0.4, 0.5) is 0 Å². The molecule has 4 heteroatoms. The molecule has 110 valence electrons. The highest BCUT2D eigenvalue weighted by Crippen LogP contribution is 2.48. The number of nitrogens with zero attached hydrogens (tertiary/aromatic N) is 2. The molecule has 5 rings (SSSR count). The third kappa shape index (κ3) is 2.26. The molecule has 3 nitrogen and oxygen atoms in total. The molecule has 1 aromatic carbocycles. The van der Waals surface area contributed by atoms with Gasteiger partial charge < -0.3 is 0 Å². The Morgan fingerprint density at radius 3 is 2.48 bits per heavy atom. The molecule has 1 atom stereocenters. The minimum Gasteiger partial charge on any atom is -0.297 e. The molecule has 0 saturated heterocycles. The van der Waals surface area contributed by atoms with Crippen molar-refractivity contribution in [2.45, 2.75) is 45.1 Å². The highest BCUT2D eigenvalue weighted by atomic mass is 32.1. The first kappa shape index (κ1) is 13.3. The number of hydrogen-bond donors (Lipinski definition) is 1. The Morgan fingerprint density at radius 2 is 1.86 bits per heavy atom. The predicted octanol–water partition coefficient (Wildman–Crippen LogP) is 4.67. The zero-order chi connectivity index (χ0) is 14.4. The molecular weight excluding hydrogens is 278 g/mol. The van der Waals surface area contributed by atoms with Gasteiger partial charge in [-0.3, -0.25) is 9.67 Å². The molecule has 0 spiro atoms. The number of aromatic nitrogens is 3. The van der Waals surface area contributed by atoms with Crippen LogP contribution in [0, 0.1) is 23.5 Å². The fraction of sp³-hybridized carbons (Fsp3) is 0.529. The second kappa shape index (κ2) is 5.09. The van der Waals surface area contributed by atoms with E-state index >= 15 is 0 Å². The Labute approximate surface area is 130 Å². The molecule has 3 fully saturated rings. The van der Waals surface area contributed by atoms with Gasteiger partial charge in [-0.25, -0.2) is 0 Å². The van der Waals surface area contributed by atoms with Crippen molar-refractivity contribution in [1.29, 1.82) is 0 Å². The molecular formula is C17H21N3S. The van der Waals surface area contributed by atoms with E-state index in [1.54, 1.807) is 0 Å². The van der Waals surface area contributed by atoms with E-state index in [0.717, 1.165) is 28.0 Å². The number of hydrogen-bond acceptors (Lipinski definition) is 2. The zero-order valence-electron chi connectivity index (χ0n) is 12.4. The van der Waals surface area contributed by atoms with Crippen LogP contribution in [0.15, 0.2) is 24.3 Å². The third-order valence-corrected chi connectivity index (χ3v) is 5.64. The SMILES string of the molecule is Cc1ccc(-c2n[nH]c(=S)n2[C@@H]2CC3CCC2CC3)cc1. The standard InChI is InChI=1S/C17H21N3S/c1-11-2-6-14(7-3-11)16-18-19-17(21)20(16)15-10-12-4-8-13(15)9-5-12/h2-3,6-7,12-13,15H,4-5,8-10H2,1H3,(H,19,21)/t12?,13?,15-/m1/s1. The minimum absolute atomic E-state index is 0.542. The number of rotatable bonds is 2. The fourth-order valence-corrected chi connectivity index (χ4v) is 4.45. The Balaban J connectivity index is 1.77. The van der Waals surface area contributed by atoms with Gasteiger partial charge in [0.15, 0.2) is 10.6 Å². The molecule has 1 N–H and O–H groups in total. The van der Waals surface area contributed by atoms with Gasteiger partial charge in [0.25, 0.3) is 0 Å². The van der Waals surface area contributed by atoms with Crippen LogP contribution in [0.1, 0.15) is 43.7 Å². The maximum atomic E-state index is 5.54. The summed E-state index contributed by atoms with van der Waals surface area (Å²) in [6.45, 7) is 2.11. The van der Waals surface area contributed by atoms with Crippen molar-refractivity contribution in [3.05, 3.63) is 34.6 Å². The van der Waals surface area contributed by atoms with Crippen LogP contribution >= 0.6 is 12.2 Å². The summed E-state index contributed by atoms with van der Waals surface area (Å²) in [4.78, 5) is 0. The average molecular weight is 299 g/mol. The monoisotopic (exact) mass is 299 g/mol. The molecule has 1 aromatic heterocycles. The smallest absolute Gasteiger partial charge is 0.195 e. The second-order valence-corrected chi connectivity index (χ2v) is 7.06. The maximum Gasteiger partial charge on any atom is 0.195 e. The first-order chi connectivity index (χ1) is 10.2. The summed E-state index contributed by atoms with van der Waals surface area (Å²) in [6.07, 6.45) is 6.81. The molecule has 2 aromatic rings. The number of benzene rings is 1. The lowest BCUT2D eigenvalue weighted by Crippen LogP contribution is -2.33. The van der Waals surface area contributed by atoms with Crippen LogP contribution in [0.2, 0.25) is 0 Å². The zero-order valence-corrected chi connectivity index (χ0v) is 13.2. The average Bonchev–Trinajstić information content (AvgIpc) is 2.91. The molecule has 21 heavy (non-hydrogen) atoms. The molecule has 0 radical (unpaired) electrons. The van der Waals surface area contributed by atoms with Crippen LogP contribution in [0.25, 0.3) is 11.4 Å². The lowest BCUT2D eigenvalue weighted by atomic mass is 9.68.